The number of carbonyl (C=O) groups excluding carboxylic acids is 1. The molecule has 0 saturated carbocycles. The fourth-order valence-electron chi connectivity index (χ4n) is 3.08. The molecule has 1 aromatic carbocycles. The number of hydrogen-bond acceptors (Lipinski definition) is 3. The standard InChI is InChI=1S/C17H23FN2O3/c1-3-19(11-16(21)22)13-6-8-20(9-7-13)17(23)14-10-12(2)4-5-15(14)18/h4-5,10,13H,3,6-9,11H2,1-2H3,(H,21,22). The number of piperidine rings is 1. The molecule has 0 unspecified atom stereocenters. The molecule has 0 radical (unpaired) electrons. The van der Waals surface area contributed by atoms with Crippen molar-refractivity contribution in [3.8, 4) is 0 Å². The topological polar surface area (TPSA) is 60.9 Å². The lowest BCUT2D eigenvalue weighted by Crippen LogP contribution is -2.48. The molecule has 6 heteroatoms. The number of likely N-dealkylation sites (N-methyl/N-ethyl adjacent to an activating group) is 1. The summed E-state index contributed by atoms with van der Waals surface area (Å²) in [7, 11) is 0. The molecule has 0 aliphatic carbocycles. The molecule has 23 heavy (non-hydrogen) atoms. The Balaban J connectivity index is 1.99. The smallest absolute Gasteiger partial charge is 0.317 e. The minimum absolute atomic E-state index is 0.0155. The molecule has 1 fully saturated rings. The number of carbonyl (C=O) groups is 2. The summed E-state index contributed by atoms with van der Waals surface area (Å²) in [6.07, 6.45) is 1.42. The number of likely N-dealkylation sites (tertiary alicyclic amines) is 1. The summed E-state index contributed by atoms with van der Waals surface area (Å²) in [6, 6.07) is 4.69. The number of carboxylic acids is 1. The van der Waals surface area contributed by atoms with Crippen LogP contribution in [0.1, 0.15) is 35.7 Å². The van der Waals surface area contributed by atoms with Gasteiger partial charge >= 0.3 is 5.97 Å². The molecule has 0 spiro atoms. The van der Waals surface area contributed by atoms with Gasteiger partial charge in [-0.1, -0.05) is 18.6 Å². The summed E-state index contributed by atoms with van der Waals surface area (Å²) >= 11 is 0. The number of halogens is 1. The van der Waals surface area contributed by atoms with Crippen molar-refractivity contribution < 1.29 is 19.1 Å². The van der Waals surface area contributed by atoms with Crippen molar-refractivity contribution in [2.45, 2.75) is 32.7 Å². The fourth-order valence-corrected chi connectivity index (χ4v) is 3.08. The van der Waals surface area contributed by atoms with Crippen LogP contribution in [0.15, 0.2) is 18.2 Å². The minimum atomic E-state index is -0.841. The summed E-state index contributed by atoms with van der Waals surface area (Å²) in [5.41, 5.74) is 0.963. The van der Waals surface area contributed by atoms with Crippen LogP contribution in [0.3, 0.4) is 0 Å². The van der Waals surface area contributed by atoms with Gasteiger partial charge < -0.3 is 10.0 Å². The van der Waals surface area contributed by atoms with E-state index in [-0.39, 0.29) is 24.1 Å². The van der Waals surface area contributed by atoms with Crippen molar-refractivity contribution in [2.24, 2.45) is 0 Å². The van der Waals surface area contributed by atoms with Gasteiger partial charge in [-0.25, -0.2) is 4.39 Å². The number of aryl methyl sites for hydroxylation is 1. The van der Waals surface area contributed by atoms with E-state index in [0.717, 1.165) is 5.56 Å². The molecule has 2 rings (SSSR count). The van der Waals surface area contributed by atoms with Crippen LogP contribution in [0.4, 0.5) is 4.39 Å². The Morgan fingerprint density at radius 2 is 2.00 bits per heavy atom. The van der Waals surface area contributed by atoms with Crippen LogP contribution in [0, 0.1) is 12.7 Å². The first kappa shape index (κ1) is 17.4. The van der Waals surface area contributed by atoms with Gasteiger partial charge in [0.1, 0.15) is 5.82 Å². The summed E-state index contributed by atoms with van der Waals surface area (Å²) < 4.78 is 13.9. The van der Waals surface area contributed by atoms with Crippen LogP contribution in [0.5, 0.6) is 0 Å². The highest BCUT2D eigenvalue weighted by molar-refractivity contribution is 5.94. The Kier molecular flexibility index (Phi) is 5.71. The highest BCUT2D eigenvalue weighted by Gasteiger charge is 2.28. The third-order valence-electron chi connectivity index (χ3n) is 4.36. The largest absolute Gasteiger partial charge is 0.480 e. The van der Waals surface area contributed by atoms with Crippen molar-refractivity contribution in [1.82, 2.24) is 9.80 Å². The zero-order chi connectivity index (χ0) is 17.0. The van der Waals surface area contributed by atoms with Crippen molar-refractivity contribution in [3.63, 3.8) is 0 Å². The molecule has 5 nitrogen and oxygen atoms in total. The van der Waals surface area contributed by atoms with Gasteiger partial charge in [-0.2, -0.15) is 0 Å². The maximum atomic E-state index is 13.9. The predicted octanol–water partition coefficient (Wildman–Crippen LogP) is 2.15. The maximum Gasteiger partial charge on any atom is 0.317 e. The second-order valence-electron chi connectivity index (χ2n) is 5.96. The lowest BCUT2D eigenvalue weighted by atomic mass is 10.0. The van der Waals surface area contributed by atoms with E-state index in [1.807, 2.05) is 18.7 Å². The Morgan fingerprint density at radius 3 is 2.57 bits per heavy atom. The highest BCUT2D eigenvalue weighted by Crippen LogP contribution is 2.20. The second kappa shape index (κ2) is 7.55. The number of carboxylic acid groups (broad SMARTS) is 1. The van der Waals surface area contributed by atoms with Crippen molar-refractivity contribution in [2.75, 3.05) is 26.2 Å². The molecule has 1 amide bonds. The van der Waals surface area contributed by atoms with Crippen LogP contribution in [-0.2, 0) is 4.79 Å². The van der Waals surface area contributed by atoms with Crippen LogP contribution >= 0.6 is 0 Å². The van der Waals surface area contributed by atoms with E-state index < -0.39 is 11.8 Å². The quantitative estimate of drug-likeness (QED) is 0.902. The van der Waals surface area contributed by atoms with Crippen LogP contribution in [-0.4, -0.2) is 59.0 Å². The molecular weight excluding hydrogens is 299 g/mol. The van der Waals surface area contributed by atoms with Crippen molar-refractivity contribution >= 4 is 11.9 Å². The molecule has 1 aliphatic heterocycles. The third kappa shape index (κ3) is 4.28. The predicted molar refractivity (Wildman–Crippen MR) is 84.9 cm³/mol. The van der Waals surface area contributed by atoms with Gasteiger partial charge in [0.05, 0.1) is 12.1 Å². The van der Waals surface area contributed by atoms with E-state index in [0.29, 0.717) is 32.5 Å². The summed E-state index contributed by atoms with van der Waals surface area (Å²) in [5, 5.41) is 8.94. The average molecular weight is 322 g/mol. The van der Waals surface area contributed by atoms with Gasteiger partial charge in [0.2, 0.25) is 0 Å². The number of benzene rings is 1. The lowest BCUT2D eigenvalue weighted by molar-refractivity contribution is -0.139. The van der Waals surface area contributed by atoms with Gasteiger partial charge in [-0.15, -0.1) is 0 Å². The fraction of sp³-hybridized carbons (Fsp3) is 0.529. The molecule has 1 N–H and O–H groups in total. The van der Waals surface area contributed by atoms with Gasteiger partial charge in [0.15, 0.2) is 0 Å². The second-order valence-corrected chi connectivity index (χ2v) is 5.96. The van der Waals surface area contributed by atoms with Gasteiger partial charge in [-0.05, 0) is 38.4 Å². The Labute approximate surface area is 135 Å². The average Bonchev–Trinajstić information content (AvgIpc) is 2.54. The minimum Gasteiger partial charge on any atom is -0.480 e. The molecule has 126 valence electrons. The van der Waals surface area contributed by atoms with E-state index in [2.05, 4.69) is 0 Å². The lowest BCUT2D eigenvalue weighted by Gasteiger charge is -2.37. The van der Waals surface area contributed by atoms with E-state index in [9.17, 15) is 14.0 Å². The molecule has 1 aliphatic rings. The summed E-state index contributed by atoms with van der Waals surface area (Å²) in [6.45, 7) is 5.48. The number of rotatable bonds is 5. The van der Waals surface area contributed by atoms with Crippen LogP contribution in [0.25, 0.3) is 0 Å². The van der Waals surface area contributed by atoms with Crippen LogP contribution in [0.2, 0.25) is 0 Å². The number of amides is 1. The number of aliphatic carboxylic acids is 1. The zero-order valence-corrected chi connectivity index (χ0v) is 13.6. The normalized spacial score (nSPS) is 15.9. The summed E-state index contributed by atoms with van der Waals surface area (Å²) in [5.74, 6) is -1.62. The maximum absolute atomic E-state index is 13.9. The first-order valence-electron chi connectivity index (χ1n) is 7.93. The number of hydrogen-bond donors (Lipinski definition) is 1. The SMILES string of the molecule is CCN(CC(=O)O)C1CCN(C(=O)c2cc(C)ccc2F)CC1. The first-order chi connectivity index (χ1) is 10.9. The van der Waals surface area contributed by atoms with E-state index in [4.69, 9.17) is 5.11 Å². The molecule has 1 aromatic rings. The van der Waals surface area contributed by atoms with Crippen molar-refractivity contribution in [3.05, 3.63) is 35.1 Å². The van der Waals surface area contributed by atoms with E-state index in [1.165, 1.54) is 6.07 Å². The highest BCUT2D eigenvalue weighted by atomic mass is 19.1. The number of nitrogens with zero attached hydrogens (tertiary/aromatic N) is 2. The molecule has 0 aromatic heterocycles. The molecular formula is C17H23FN2O3. The Morgan fingerprint density at radius 1 is 1.35 bits per heavy atom. The van der Waals surface area contributed by atoms with Gasteiger partial charge in [-0.3, -0.25) is 14.5 Å². The van der Waals surface area contributed by atoms with Crippen molar-refractivity contribution in [1.29, 1.82) is 0 Å². The van der Waals surface area contributed by atoms with E-state index >= 15 is 0 Å². The summed E-state index contributed by atoms with van der Waals surface area (Å²) in [4.78, 5) is 26.9. The molecule has 0 bridgehead atoms. The Bertz CT molecular complexity index is 583. The molecule has 1 saturated heterocycles. The third-order valence-corrected chi connectivity index (χ3v) is 4.36. The molecule has 0 atom stereocenters. The zero-order valence-electron chi connectivity index (χ0n) is 13.6. The first-order valence-corrected chi connectivity index (χ1v) is 7.93. The van der Waals surface area contributed by atoms with Gasteiger partial charge in [0.25, 0.3) is 5.91 Å². The monoisotopic (exact) mass is 322 g/mol. The molecule has 1 heterocycles. The van der Waals surface area contributed by atoms with E-state index in [1.54, 1.807) is 17.0 Å². The Hall–Kier alpha value is -1.95. The van der Waals surface area contributed by atoms with Gasteiger partial charge in [0, 0.05) is 19.1 Å². The van der Waals surface area contributed by atoms with Crippen LogP contribution < -0.4 is 0 Å².